The van der Waals surface area contributed by atoms with Crippen molar-refractivity contribution in [3.05, 3.63) is 29.7 Å². The lowest BCUT2D eigenvalue weighted by molar-refractivity contribution is 0.193. The zero-order valence-corrected chi connectivity index (χ0v) is 13.1. The number of hydrogen-bond acceptors (Lipinski definition) is 6. The number of likely N-dealkylation sites (tertiary alicyclic amines) is 1. The number of piperidine rings is 1. The van der Waals surface area contributed by atoms with Crippen LogP contribution in [0.3, 0.4) is 0 Å². The van der Waals surface area contributed by atoms with Crippen LogP contribution in [-0.4, -0.2) is 44.5 Å². The van der Waals surface area contributed by atoms with E-state index >= 15 is 0 Å². The Hall–Kier alpha value is -2.20. The van der Waals surface area contributed by atoms with Crippen LogP contribution in [0.4, 0.5) is 0 Å². The summed E-state index contributed by atoms with van der Waals surface area (Å²) in [5.41, 5.74) is 0.612. The van der Waals surface area contributed by atoms with Gasteiger partial charge in [-0.2, -0.15) is 15.3 Å². The summed E-state index contributed by atoms with van der Waals surface area (Å²) in [4.78, 5) is 7.03. The summed E-state index contributed by atoms with van der Waals surface area (Å²) < 4.78 is 7.23. The van der Waals surface area contributed by atoms with Crippen molar-refractivity contribution in [1.82, 2.24) is 24.8 Å². The lowest BCUT2D eigenvalue weighted by atomic mass is 9.97. The highest BCUT2D eigenvalue weighted by molar-refractivity contribution is 5.21. The van der Waals surface area contributed by atoms with Gasteiger partial charge in [0, 0.05) is 31.1 Å². The fourth-order valence-corrected chi connectivity index (χ4v) is 3.17. The SMILES string of the molecule is N#Cc1cnn(CCN2CCCC(c3noc(C4CC4)n3)C2)c1. The zero-order valence-electron chi connectivity index (χ0n) is 13.1. The summed E-state index contributed by atoms with van der Waals surface area (Å²) in [5, 5.41) is 17.2. The number of nitriles is 1. The van der Waals surface area contributed by atoms with E-state index in [0.29, 0.717) is 17.4 Å². The van der Waals surface area contributed by atoms with Crippen molar-refractivity contribution in [1.29, 1.82) is 5.26 Å². The lowest BCUT2D eigenvalue weighted by Crippen LogP contribution is -2.36. The Morgan fingerprint density at radius 3 is 2.96 bits per heavy atom. The molecule has 2 fully saturated rings. The standard InChI is InChI=1S/C16H20N6O/c17-8-12-9-18-22(10-12)7-6-21-5-1-2-14(11-21)15-19-16(23-20-15)13-3-4-13/h9-10,13-14H,1-7,11H2. The highest BCUT2D eigenvalue weighted by atomic mass is 16.5. The van der Waals surface area contributed by atoms with Crippen molar-refractivity contribution in [2.75, 3.05) is 19.6 Å². The average molecular weight is 312 g/mol. The number of nitrogens with zero attached hydrogens (tertiary/aromatic N) is 6. The van der Waals surface area contributed by atoms with Crippen LogP contribution in [0.5, 0.6) is 0 Å². The Balaban J connectivity index is 1.33. The molecule has 7 heteroatoms. The first-order chi connectivity index (χ1) is 11.3. The molecule has 1 unspecified atom stereocenters. The average Bonchev–Trinajstić information content (AvgIpc) is 3.14. The lowest BCUT2D eigenvalue weighted by Gasteiger charge is -2.31. The molecule has 4 rings (SSSR count). The van der Waals surface area contributed by atoms with Gasteiger partial charge in [-0.1, -0.05) is 5.16 Å². The van der Waals surface area contributed by atoms with Gasteiger partial charge in [-0.05, 0) is 32.2 Å². The van der Waals surface area contributed by atoms with Gasteiger partial charge in [0.2, 0.25) is 5.89 Å². The number of hydrogen-bond donors (Lipinski definition) is 0. The molecule has 120 valence electrons. The number of rotatable bonds is 5. The van der Waals surface area contributed by atoms with Gasteiger partial charge in [-0.3, -0.25) is 4.68 Å². The molecule has 3 heterocycles. The van der Waals surface area contributed by atoms with Gasteiger partial charge in [-0.15, -0.1) is 0 Å². The Bertz CT molecular complexity index is 710. The topological polar surface area (TPSA) is 83.8 Å². The minimum Gasteiger partial charge on any atom is -0.339 e. The van der Waals surface area contributed by atoms with Crippen molar-refractivity contribution < 1.29 is 4.52 Å². The molecule has 2 aromatic heterocycles. The van der Waals surface area contributed by atoms with Crippen LogP contribution >= 0.6 is 0 Å². The molecular weight excluding hydrogens is 292 g/mol. The van der Waals surface area contributed by atoms with Crippen molar-refractivity contribution in [3.8, 4) is 6.07 Å². The van der Waals surface area contributed by atoms with Crippen molar-refractivity contribution in [2.45, 2.75) is 44.1 Å². The van der Waals surface area contributed by atoms with Gasteiger partial charge in [0.05, 0.1) is 18.3 Å². The Morgan fingerprint density at radius 1 is 1.26 bits per heavy atom. The van der Waals surface area contributed by atoms with Crippen molar-refractivity contribution in [3.63, 3.8) is 0 Å². The molecule has 0 aromatic carbocycles. The third-order valence-corrected chi connectivity index (χ3v) is 4.66. The summed E-state index contributed by atoms with van der Waals surface area (Å²) in [6.45, 7) is 3.79. The minimum atomic E-state index is 0.368. The fraction of sp³-hybridized carbons (Fsp3) is 0.625. The molecular formula is C16H20N6O. The second-order valence-corrected chi connectivity index (χ2v) is 6.51. The van der Waals surface area contributed by atoms with E-state index in [0.717, 1.165) is 50.7 Å². The molecule has 1 atom stereocenters. The second kappa shape index (κ2) is 6.13. The molecule has 1 aliphatic heterocycles. The van der Waals surface area contributed by atoms with Crippen molar-refractivity contribution in [2.24, 2.45) is 0 Å². The highest BCUT2D eigenvalue weighted by Gasteiger charge is 2.32. The van der Waals surface area contributed by atoms with E-state index in [-0.39, 0.29) is 0 Å². The highest BCUT2D eigenvalue weighted by Crippen LogP contribution is 2.39. The molecule has 0 N–H and O–H groups in total. The summed E-state index contributed by atoms with van der Waals surface area (Å²) in [7, 11) is 0. The molecule has 2 aliphatic rings. The summed E-state index contributed by atoms with van der Waals surface area (Å²) in [6, 6.07) is 2.11. The van der Waals surface area contributed by atoms with Gasteiger partial charge in [0.25, 0.3) is 0 Å². The van der Waals surface area contributed by atoms with E-state index < -0.39 is 0 Å². The third kappa shape index (κ3) is 3.27. The van der Waals surface area contributed by atoms with E-state index in [1.807, 2.05) is 4.68 Å². The Morgan fingerprint density at radius 2 is 2.17 bits per heavy atom. The molecule has 2 aromatic rings. The van der Waals surface area contributed by atoms with Crippen LogP contribution in [0.2, 0.25) is 0 Å². The van der Waals surface area contributed by atoms with E-state index in [1.165, 1.54) is 12.8 Å². The molecule has 23 heavy (non-hydrogen) atoms. The Labute approximate surface area is 134 Å². The molecule has 7 nitrogen and oxygen atoms in total. The van der Waals surface area contributed by atoms with Crippen LogP contribution < -0.4 is 0 Å². The predicted molar refractivity (Wildman–Crippen MR) is 81.6 cm³/mol. The first kappa shape index (κ1) is 14.4. The summed E-state index contributed by atoms with van der Waals surface area (Å²) in [6.07, 6.45) is 8.06. The first-order valence-electron chi connectivity index (χ1n) is 8.30. The quantitative estimate of drug-likeness (QED) is 0.838. The maximum absolute atomic E-state index is 8.84. The van der Waals surface area contributed by atoms with Gasteiger partial charge in [0.15, 0.2) is 5.82 Å². The molecule has 0 amide bonds. The third-order valence-electron chi connectivity index (χ3n) is 4.66. The normalized spacial score (nSPS) is 22.1. The van der Waals surface area contributed by atoms with Gasteiger partial charge in [-0.25, -0.2) is 0 Å². The smallest absolute Gasteiger partial charge is 0.229 e. The summed E-state index contributed by atoms with van der Waals surface area (Å²) in [5.74, 6) is 2.59. The van der Waals surface area contributed by atoms with E-state index in [9.17, 15) is 0 Å². The maximum atomic E-state index is 8.84. The molecule has 1 saturated heterocycles. The second-order valence-electron chi connectivity index (χ2n) is 6.51. The first-order valence-corrected chi connectivity index (χ1v) is 8.30. The fourth-order valence-electron chi connectivity index (χ4n) is 3.17. The van der Waals surface area contributed by atoms with Crippen LogP contribution in [-0.2, 0) is 6.54 Å². The monoisotopic (exact) mass is 312 g/mol. The van der Waals surface area contributed by atoms with Gasteiger partial charge in [0.1, 0.15) is 6.07 Å². The molecule has 0 radical (unpaired) electrons. The van der Waals surface area contributed by atoms with Crippen LogP contribution in [0.15, 0.2) is 16.9 Å². The van der Waals surface area contributed by atoms with E-state index in [2.05, 4.69) is 26.2 Å². The largest absolute Gasteiger partial charge is 0.339 e. The van der Waals surface area contributed by atoms with Crippen LogP contribution in [0, 0.1) is 11.3 Å². The predicted octanol–water partition coefficient (Wildman–Crippen LogP) is 1.89. The van der Waals surface area contributed by atoms with Gasteiger partial charge < -0.3 is 9.42 Å². The maximum Gasteiger partial charge on any atom is 0.229 e. The van der Waals surface area contributed by atoms with Gasteiger partial charge >= 0.3 is 0 Å². The van der Waals surface area contributed by atoms with E-state index in [4.69, 9.17) is 9.78 Å². The molecule has 0 bridgehead atoms. The van der Waals surface area contributed by atoms with Crippen molar-refractivity contribution >= 4 is 0 Å². The van der Waals surface area contributed by atoms with E-state index in [1.54, 1.807) is 12.4 Å². The molecule has 1 aliphatic carbocycles. The molecule has 1 saturated carbocycles. The number of aromatic nitrogens is 4. The van der Waals surface area contributed by atoms with Crippen LogP contribution in [0.1, 0.15) is 54.8 Å². The molecule has 0 spiro atoms. The van der Waals surface area contributed by atoms with Crippen LogP contribution in [0.25, 0.3) is 0 Å². The minimum absolute atomic E-state index is 0.368. The summed E-state index contributed by atoms with van der Waals surface area (Å²) >= 11 is 0. The Kier molecular flexibility index (Phi) is 3.83. The zero-order chi connectivity index (χ0) is 15.6.